The summed E-state index contributed by atoms with van der Waals surface area (Å²) < 4.78 is 0. The van der Waals surface area contributed by atoms with Gasteiger partial charge in [0.2, 0.25) is 0 Å². The van der Waals surface area contributed by atoms with Gasteiger partial charge in [-0.15, -0.1) is 0 Å². The maximum Gasteiger partial charge on any atom is 0.163 e. The van der Waals surface area contributed by atoms with Gasteiger partial charge in [-0.25, -0.2) is 0 Å². The van der Waals surface area contributed by atoms with Crippen LogP contribution in [0.15, 0.2) is 24.3 Å². The Morgan fingerprint density at radius 1 is 1.36 bits per heavy atom. The lowest BCUT2D eigenvalue weighted by molar-refractivity contribution is 0.104. The van der Waals surface area contributed by atoms with Gasteiger partial charge < -0.3 is 0 Å². The second kappa shape index (κ2) is 3.67. The van der Waals surface area contributed by atoms with Crippen LogP contribution in [0.1, 0.15) is 15.9 Å². The number of ketones is 1. The Bertz CT molecular complexity index is 251. The molecule has 0 aliphatic rings. The lowest BCUT2D eigenvalue weighted by atomic mass is 10.1. The van der Waals surface area contributed by atoms with Gasteiger partial charge >= 0.3 is 0 Å². The normalized spacial score (nSPS) is 9.64. The largest absolute Gasteiger partial charge is 0.294 e. The molecule has 0 fully saturated rings. The molecule has 0 spiro atoms. The molecule has 1 nitrogen and oxygen atoms in total. The number of carbonyl (C=O) groups excluding carboxylic acids is 1. The van der Waals surface area contributed by atoms with E-state index in [2.05, 4.69) is 22.9 Å². The fraction of sp³-hybridized carbons (Fsp3) is 0.111. The molecule has 1 rings (SSSR count). The Morgan fingerprint density at radius 2 is 1.91 bits per heavy atom. The van der Waals surface area contributed by atoms with E-state index in [9.17, 15) is 4.79 Å². The molecule has 0 saturated heterocycles. The highest BCUT2D eigenvalue weighted by Gasteiger charge is 1.96. The van der Waals surface area contributed by atoms with E-state index in [1.165, 1.54) is 0 Å². The number of hydrogen-bond acceptors (Lipinski definition) is 1. The first-order chi connectivity index (χ1) is 5.24. The minimum Gasteiger partial charge on any atom is -0.294 e. The van der Waals surface area contributed by atoms with Crippen LogP contribution in [0.5, 0.6) is 0 Å². The molecule has 57 valence electrons. The zero-order valence-electron chi connectivity index (χ0n) is 6.01. The smallest absolute Gasteiger partial charge is 0.163 e. The van der Waals surface area contributed by atoms with Crippen LogP contribution < -0.4 is 0 Å². The molecule has 0 amide bonds. The molecule has 11 heavy (non-hydrogen) atoms. The van der Waals surface area contributed by atoms with Crippen molar-refractivity contribution in [2.45, 2.75) is 5.33 Å². The van der Waals surface area contributed by atoms with Crippen molar-refractivity contribution in [3.05, 3.63) is 42.3 Å². The summed E-state index contributed by atoms with van der Waals surface area (Å²) in [7, 11) is 0. The Kier molecular flexibility index (Phi) is 2.83. The highest BCUT2D eigenvalue weighted by atomic mass is 79.9. The summed E-state index contributed by atoms with van der Waals surface area (Å²) in [6.45, 7) is 3.31. The molecule has 0 heterocycles. The third kappa shape index (κ3) is 2.15. The third-order valence-electron chi connectivity index (χ3n) is 1.43. The van der Waals surface area contributed by atoms with E-state index in [4.69, 9.17) is 0 Å². The maximum absolute atomic E-state index is 10.7. The van der Waals surface area contributed by atoms with Crippen LogP contribution in [0.4, 0.5) is 0 Å². The standard InChI is InChI=1S/C9H8BrO/c1-7(11)9-4-2-8(6-10)3-5-9/h2-5H,1,6H2. The minimum absolute atomic E-state index is 0.133. The molecule has 1 radical (unpaired) electrons. The molecule has 0 aliphatic heterocycles. The molecular weight excluding hydrogens is 204 g/mol. The van der Waals surface area contributed by atoms with Crippen molar-refractivity contribution in [2.24, 2.45) is 0 Å². The van der Waals surface area contributed by atoms with Gasteiger partial charge in [-0.1, -0.05) is 40.2 Å². The van der Waals surface area contributed by atoms with Crippen molar-refractivity contribution in [2.75, 3.05) is 0 Å². The minimum atomic E-state index is -0.133. The number of benzene rings is 1. The van der Waals surface area contributed by atoms with E-state index >= 15 is 0 Å². The van der Waals surface area contributed by atoms with Crippen LogP contribution in [0, 0.1) is 6.92 Å². The highest BCUT2D eigenvalue weighted by Crippen LogP contribution is 2.07. The number of carbonyl (C=O) groups is 1. The molecule has 0 saturated carbocycles. The highest BCUT2D eigenvalue weighted by molar-refractivity contribution is 9.08. The molecule has 0 aromatic heterocycles. The van der Waals surface area contributed by atoms with E-state index in [1.807, 2.05) is 12.1 Å². The van der Waals surface area contributed by atoms with E-state index < -0.39 is 0 Å². The summed E-state index contributed by atoms with van der Waals surface area (Å²) in [5, 5.41) is 0.818. The van der Waals surface area contributed by atoms with Gasteiger partial charge in [-0.3, -0.25) is 4.79 Å². The summed E-state index contributed by atoms with van der Waals surface area (Å²) in [6, 6.07) is 7.39. The fourth-order valence-electron chi connectivity index (χ4n) is 0.780. The lowest BCUT2D eigenvalue weighted by Crippen LogP contribution is -1.91. The Balaban J connectivity index is 2.91. The SMILES string of the molecule is [CH2]C(=O)c1ccc(CBr)cc1. The molecule has 2 heteroatoms. The van der Waals surface area contributed by atoms with Crippen molar-refractivity contribution < 1.29 is 4.79 Å². The zero-order valence-corrected chi connectivity index (χ0v) is 7.60. The maximum atomic E-state index is 10.7. The molecule has 0 bridgehead atoms. The van der Waals surface area contributed by atoms with Crippen LogP contribution in [-0.4, -0.2) is 5.78 Å². The van der Waals surface area contributed by atoms with Crippen molar-refractivity contribution in [3.63, 3.8) is 0 Å². The summed E-state index contributed by atoms with van der Waals surface area (Å²) in [4.78, 5) is 10.7. The Morgan fingerprint density at radius 3 is 2.27 bits per heavy atom. The van der Waals surface area contributed by atoms with Gasteiger partial charge in [0.25, 0.3) is 0 Å². The first-order valence-corrected chi connectivity index (χ1v) is 4.37. The van der Waals surface area contributed by atoms with Gasteiger partial charge in [0.05, 0.1) is 0 Å². The van der Waals surface area contributed by atoms with E-state index in [0.717, 1.165) is 10.9 Å². The number of hydrogen-bond donors (Lipinski definition) is 0. The predicted octanol–water partition coefficient (Wildman–Crippen LogP) is 2.60. The number of rotatable bonds is 2. The predicted molar refractivity (Wildman–Crippen MR) is 48.8 cm³/mol. The topological polar surface area (TPSA) is 17.1 Å². The average Bonchev–Trinajstić information content (AvgIpc) is 2.05. The van der Waals surface area contributed by atoms with Crippen LogP contribution in [0.2, 0.25) is 0 Å². The second-order valence-electron chi connectivity index (χ2n) is 2.25. The Hall–Kier alpha value is -0.630. The first kappa shape index (κ1) is 8.47. The van der Waals surface area contributed by atoms with E-state index in [-0.39, 0.29) is 5.78 Å². The number of halogens is 1. The average molecular weight is 212 g/mol. The van der Waals surface area contributed by atoms with Crippen LogP contribution in [0.3, 0.4) is 0 Å². The quantitative estimate of drug-likeness (QED) is 0.543. The van der Waals surface area contributed by atoms with Gasteiger partial charge in [-0.2, -0.15) is 0 Å². The molecule has 0 unspecified atom stereocenters. The molecule has 1 aromatic rings. The molecule has 0 aliphatic carbocycles. The third-order valence-corrected chi connectivity index (χ3v) is 2.08. The summed E-state index contributed by atoms with van der Waals surface area (Å²) >= 11 is 3.32. The first-order valence-electron chi connectivity index (χ1n) is 3.25. The molecule has 0 N–H and O–H groups in total. The summed E-state index contributed by atoms with van der Waals surface area (Å²) in [5.41, 5.74) is 1.82. The fourth-order valence-corrected chi connectivity index (χ4v) is 1.15. The zero-order chi connectivity index (χ0) is 8.27. The Labute approximate surface area is 74.6 Å². The number of alkyl halides is 1. The van der Waals surface area contributed by atoms with Gasteiger partial charge in [-0.05, 0) is 5.56 Å². The van der Waals surface area contributed by atoms with Crippen molar-refractivity contribution >= 4 is 21.7 Å². The van der Waals surface area contributed by atoms with Crippen LogP contribution in [0.25, 0.3) is 0 Å². The van der Waals surface area contributed by atoms with Crippen LogP contribution >= 0.6 is 15.9 Å². The van der Waals surface area contributed by atoms with Crippen LogP contribution in [-0.2, 0) is 5.33 Å². The van der Waals surface area contributed by atoms with Crippen molar-refractivity contribution in [1.29, 1.82) is 0 Å². The van der Waals surface area contributed by atoms with Crippen molar-refractivity contribution in [3.8, 4) is 0 Å². The van der Waals surface area contributed by atoms with E-state index in [1.54, 1.807) is 12.1 Å². The van der Waals surface area contributed by atoms with Gasteiger partial charge in [0.1, 0.15) is 0 Å². The van der Waals surface area contributed by atoms with Gasteiger partial charge in [0.15, 0.2) is 5.78 Å². The molecule has 0 atom stereocenters. The monoisotopic (exact) mass is 211 g/mol. The van der Waals surface area contributed by atoms with Crippen molar-refractivity contribution in [1.82, 2.24) is 0 Å². The van der Waals surface area contributed by atoms with Gasteiger partial charge in [0, 0.05) is 17.8 Å². The lowest BCUT2D eigenvalue weighted by Gasteiger charge is -1.96. The molecule has 1 aromatic carbocycles. The summed E-state index contributed by atoms with van der Waals surface area (Å²) in [6.07, 6.45) is 0. The summed E-state index contributed by atoms with van der Waals surface area (Å²) in [5.74, 6) is -0.133. The molecular formula is C9H8BrO. The number of Topliss-reactive ketones (excluding diaryl/α,β-unsaturated/α-hetero) is 1. The second-order valence-corrected chi connectivity index (χ2v) is 2.81. The van der Waals surface area contributed by atoms with E-state index in [0.29, 0.717) is 5.56 Å².